The molecule has 3 rings (SSSR count). The van der Waals surface area contributed by atoms with Gasteiger partial charge in [0.05, 0.1) is 12.2 Å². The molecule has 0 saturated carbocycles. The van der Waals surface area contributed by atoms with Crippen LogP contribution in [-0.2, 0) is 6.54 Å². The van der Waals surface area contributed by atoms with Crippen molar-refractivity contribution in [3.63, 3.8) is 0 Å². The fourth-order valence-electron chi connectivity index (χ4n) is 2.02. The largest absolute Gasteiger partial charge is 0.380 e. The van der Waals surface area contributed by atoms with E-state index in [9.17, 15) is 4.79 Å². The van der Waals surface area contributed by atoms with Crippen LogP contribution >= 0.6 is 22.9 Å². The molecular formula is C15H13ClN4OS. The van der Waals surface area contributed by atoms with Gasteiger partial charge in [0, 0.05) is 28.4 Å². The third-order valence-corrected chi connectivity index (χ3v) is 4.31. The van der Waals surface area contributed by atoms with Gasteiger partial charge in [0.15, 0.2) is 4.47 Å². The van der Waals surface area contributed by atoms with Crippen molar-refractivity contribution in [3.05, 3.63) is 61.8 Å². The number of anilines is 1. The number of rotatable bonds is 4. The van der Waals surface area contributed by atoms with Gasteiger partial charge < -0.3 is 5.32 Å². The zero-order chi connectivity index (χ0) is 15.5. The molecule has 0 aliphatic carbocycles. The van der Waals surface area contributed by atoms with E-state index in [1.807, 2.05) is 25.1 Å². The van der Waals surface area contributed by atoms with E-state index < -0.39 is 0 Å². The number of benzene rings is 1. The van der Waals surface area contributed by atoms with Crippen LogP contribution in [0.3, 0.4) is 0 Å². The quantitative estimate of drug-likeness (QED) is 0.767. The van der Waals surface area contributed by atoms with Gasteiger partial charge in [-0.1, -0.05) is 23.7 Å². The molecule has 3 aromatic rings. The lowest BCUT2D eigenvalue weighted by Crippen LogP contribution is -2.06. The molecule has 0 spiro atoms. The molecule has 0 fully saturated rings. The Hall–Kier alpha value is -2.18. The zero-order valence-corrected chi connectivity index (χ0v) is 13.3. The lowest BCUT2D eigenvalue weighted by atomic mass is 10.1. The molecule has 112 valence electrons. The third kappa shape index (κ3) is 3.35. The van der Waals surface area contributed by atoms with Crippen molar-refractivity contribution in [2.24, 2.45) is 0 Å². The van der Waals surface area contributed by atoms with Crippen LogP contribution in [-0.4, -0.2) is 15.2 Å². The normalized spacial score (nSPS) is 10.6. The Bertz CT molecular complexity index is 838. The topological polar surface area (TPSA) is 70.7 Å². The number of nitrogens with one attached hydrogen (secondary N) is 2. The van der Waals surface area contributed by atoms with Gasteiger partial charge >= 0.3 is 0 Å². The lowest BCUT2D eigenvalue weighted by Gasteiger charge is -2.10. The molecule has 2 N–H and O–H groups in total. The lowest BCUT2D eigenvalue weighted by molar-refractivity contribution is 0.995. The maximum absolute atomic E-state index is 11.1. The van der Waals surface area contributed by atoms with Crippen LogP contribution in [0.5, 0.6) is 0 Å². The molecule has 2 aromatic heterocycles. The van der Waals surface area contributed by atoms with Gasteiger partial charge in [-0.15, -0.1) is 11.3 Å². The summed E-state index contributed by atoms with van der Waals surface area (Å²) in [6, 6.07) is 9.18. The van der Waals surface area contributed by atoms with Gasteiger partial charge in [-0.25, -0.2) is 10.1 Å². The molecule has 2 heterocycles. The molecule has 0 saturated heterocycles. The number of H-pyrrole nitrogens is 1. The third-order valence-electron chi connectivity index (χ3n) is 3.19. The van der Waals surface area contributed by atoms with E-state index >= 15 is 0 Å². The molecule has 0 aliphatic rings. The second kappa shape index (κ2) is 6.29. The molecule has 1 aromatic carbocycles. The summed E-state index contributed by atoms with van der Waals surface area (Å²) in [4.78, 5) is 16.2. The van der Waals surface area contributed by atoms with Crippen molar-refractivity contribution in [2.45, 2.75) is 13.5 Å². The number of aromatic nitrogens is 3. The maximum Gasteiger partial charge on any atom is 0.264 e. The smallest absolute Gasteiger partial charge is 0.264 e. The Kier molecular flexibility index (Phi) is 4.22. The van der Waals surface area contributed by atoms with Crippen LogP contribution in [0.15, 0.2) is 41.3 Å². The van der Waals surface area contributed by atoms with Crippen LogP contribution in [0.4, 0.5) is 5.69 Å². The maximum atomic E-state index is 11.1. The summed E-state index contributed by atoms with van der Waals surface area (Å²) in [5, 5.41) is 9.87. The number of aromatic amines is 1. The number of aryl methyl sites for hydroxylation is 1. The molecular weight excluding hydrogens is 320 g/mol. The van der Waals surface area contributed by atoms with Gasteiger partial charge in [0.25, 0.3) is 5.56 Å². The first kappa shape index (κ1) is 14.7. The molecule has 0 atom stereocenters. The monoisotopic (exact) mass is 332 g/mol. The van der Waals surface area contributed by atoms with Crippen LogP contribution in [0, 0.1) is 6.92 Å². The van der Waals surface area contributed by atoms with E-state index in [4.69, 9.17) is 11.6 Å². The Morgan fingerprint density at radius 1 is 1.32 bits per heavy atom. The second-order valence-corrected chi connectivity index (χ2v) is 6.47. The average Bonchev–Trinajstić information content (AvgIpc) is 2.93. The highest BCUT2D eigenvalue weighted by molar-refractivity contribution is 7.15. The summed E-state index contributed by atoms with van der Waals surface area (Å²) in [6.07, 6.45) is 1.77. The van der Waals surface area contributed by atoms with E-state index in [0.29, 0.717) is 11.0 Å². The molecule has 0 radical (unpaired) electrons. The summed E-state index contributed by atoms with van der Waals surface area (Å²) < 4.78 is 0.541. The first-order chi connectivity index (χ1) is 10.6. The number of hydrogen-bond acceptors (Lipinski definition) is 5. The standard InChI is InChI=1S/C15H13ClN4OS/c1-9-2-3-10(12-4-5-14(21)20-19-12)6-13(9)17-7-11-8-18-15(16)22-11/h2-6,8,17H,7H2,1H3,(H,20,21). The molecule has 0 aliphatic heterocycles. The van der Waals surface area contributed by atoms with Crippen LogP contribution in [0.2, 0.25) is 4.47 Å². The molecule has 0 amide bonds. The Morgan fingerprint density at radius 2 is 2.18 bits per heavy atom. The van der Waals surface area contributed by atoms with E-state index in [2.05, 4.69) is 20.5 Å². The fourth-order valence-corrected chi connectivity index (χ4v) is 2.94. The van der Waals surface area contributed by atoms with Crippen molar-refractivity contribution in [3.8, 4) is 11.3 Å². The highest BCUT2D eigenvalue weighted by Crippen LogP contribution is 2.25. The van der Waals surface area contributed by atoms with Crippen LogP contribution in [0.25, 0.3) is 11.3 Å². The van der Waals surface area contributed by atoms with Crippen molar-refractivity contribution in [2.75, 3.05) is 5.32 Å². The van der Waals surface area contributed by atoms with Crippen molar-refractivity contribution >= 4 is 28.6 Å². The van der Waals surface area contributed by atoms with Crippen molar-refractivity contribution < 1.29 is 0 Å². The minimum absolute atomic E-state index is 0.212. The van der Waals surface area contributed by atoms with Crippen molar-refractivity contribution in [1.29, 1.82) is 0 Å². The highest BCUT2D eigenvalue weighted by Gasteiger charge is 2.05. The Balaban J connectivity index is 1.83. The summed E-state index contributed by atoms with van der Waals surface area (Å²) in [6.45, 7) is 2.69. The molecule has 0 unspecified atom stereocenters. The average molecular weight is 333 g/mol. The van der Waals surface area contributed by atoms with Gasteiger partial charge in [-0.2, -0.15) is 5.10 Å². The van der Waals surface area contributed by atoms with E-state index in [1.54, 1.807) is 12.3 Å². The van der Waals surface area contributed by atoms with Gasteiger partial charge in [0.2, 0.25) is 0 Å². The minimum atomic E-state index is -0.212. The zero-order valence-electron chi connectivity index (χ0n) is 11.8. The van der Waals surface area contributed by atoms with Crippen LogP contribution in [0.1, 0.15) is 10.4 Å². The number of thiazole rings is 1. The second-order valence-electron chi connectivity index (χ2n) is 4.77. The summed E-state index contributed by atoms with van der Waals surface area (Å²) in [5.74, 6) is 0. The number of hydrogen-bond donors (Lipinski definition) is 2. The van der Waals surface area contributed by atoms with Crippen molar-refractivity contribution in [1.82, 2.24) is 15.2 Å². The number of halogens is 1. The number of nitrogens with zero attached hydrogens (tertiary/aromatic N) is 2. The van der Waals surface area contributed by atoms with E-state index in [-0.39, 0.29) is 5.56 Å². The summed E-state index contributed by atoms with van der Waals surface area (Å²) in [7, 11) is 0. The van der Waals surface area contributed by atoms with E-state index in [0.717, 1.165) is 27.4 Å². The summed E-state index contributed by atoms with van der Waals surface area (Å²) in [5.41, 5.74) is 3.59. The first-order valence-electron chi connectivity index (χ1n) is 6.62. The highest BCUT2D eigenvalue weighted by atomic mass is 35.5. The molecule has 7 heteroatoms. The fraction of sp³-hybridized carbons (Fsp3) is 0.133. The van der Waals surface area contributed by atoms with Crippen LogP contribution < -0.4 is 10.9 Å². The molecule has 5 nitrogen and oxygen atoms in total. The predicted octanol–water partition coefficient (Wildman–Crippen LogP) is 3.47. The van der Waals surface area contributed by atoms with E-state index in [1.165, 1.54) is 17.4 Å². The Morgan fingerprint density at radius 3 is 2.86 bits per heavy atom. The SMILES string of the molecule is Cc1ccc(-c2ccc(=O)[nH]n2)cc1NCc1cnc(Cl)s1. The molecule has 0 bridgehead atoms. The molecule has 22 heavy (non-hydrogen) atoms. The Labute approximate surface area is 136 Å². The summed E-state index contributed by atoms with van der Waals surface area (Å²) >= 11 is 7.29. The van der Waals surface area contributed by atoms with Gasteiger partial charge in [0.1, 0.15) is 0 Å². The minimum Gasteiger partial charge on any atom is -0.380 e. The first-order valence-corrected chi connectivity index (χ1v) is 7.82. The van der Waals surface area contributed by atoms with Gasteiger partial charge in [-0.3, -0.25) is 4.79 Å². The predicted molar refractivity (Wildman–Crippen MR) is 89.5 cm³/mol. The van der Waals surface area contributed by atoms with Gasteiger partial charge in [-0.05, 0) is 24.6 Å².